The molecule has 1 aliphatic heterocycles. The minimum Gasteiger partial charge on any atom is -0.295 e. The van der Waals surface area contributed by atoms with Crippen LogP contribution in [0.15, 0.2) is 30.5 Å². The SMILES string of the molecule is c1ccc2c(c1)cnn2N1CCSCC1. The molecule has 0 spiro atoms. The van der Waals surface area contributed by atoms with Crippen LogP contribution in [0, 0.1) is 0 Å². The van der Waals surface area contributed by atoms with Gasteiger partial charge in [-0.05, 0) is 6.07 Å². The second-order valence-electron chi connectivity index (χ2n) is 3.66. The Morgan fingerprint density at radius 3 is 2.80 bits per heavy atom. The van der Waals surface area contributed by atoms with E-state index in [2.05, 4.69) is 39.2 Å². The van der Waals surface area contributed by atoms with Crippen molar-refractivity contribution in [3.63, 3.8) is 0 Å². The van der Waals surface area contributed by atoms with E-state index in [1.807, 2.05) is 18.0 Å². The summed E-state index contributed by atoms with van der Waals surface area (Å²) in [5, 5.41) is 7.99. The molecule has 0 saturated carbocycles. The minimum absolute atomic E-state index is 1.09. The highest BCUT2D eigenvalue weighted by molar-refractivity contribution is 7.99. The van der Waals surface area contributed by atoms with Crippen molar-refractivity contribution in [2.45, 2.75) is 0 Å². The normalized spacial score (nSPS) is 17.2. The lowest BCUT2D eigenvalue weighted by molar-refractivity contribution is 0.572. The number of hydrogen-bond donors (Lipinski definition) is 0. The molecule has 4 heteroatoms. The molecular formula is C11H13N3S. The number of benzene rings is 1. The van der Waals surface area contributed by atoms with Crippen LogP contribution >= 0.6 is 11.8 Å². The lowest BCUT2D eigenvalue weighted by Gasteiger charge is -2.28. The lowest BCUT2D eigenvalue weighted by atomic mass is 10.3. The number of hydrogen-bond acceptors (Lipinski definition) is 3. The number of nitrogens with zero attached hydrogens (tertiary/aromatic N) is 3. The molecule has 0 amide bonds. The molecule has 0 atom stereocenters. The summed E-state index contributed by atoms with van der Waals surface area (Å²) in [6.45, 7) is 2.19. The highest BCUT2D eigenvalue weighted by Crippen LogP contribution is 2.15. The molecule has 78 valence electrons. The second-order valence-corrected chi connectivity index (χ2v) is 4.88. The molecule has 3 rings (SSSR count). The maximum Gasteiger partial charge on any atom is 0.0920 e. The Kier molecular flexibility index (Phi) is 2.29. The summed E-state index contributed by atoms with van der Waals surface area (Å²) >= 11 is 2.02. The van der Waals surface area contributed by atoms with Crippen LogP contribution in [0.5, 0.6) is 0 Å². The van der Waals surface area contributed by atoms with Gasteiger partial charge < -0.3 is 0 Å². The maximum atomic E-state index is 4.45. The quantitative estimate of drug-likeness (QED) is 0.728. The highest BCUT2D eigenvalue weighted by atomic mass is 32.2. The van der Waals surface area contributed by atoms with Gasteiger partial charge in [-0.15, -0.1) is 0 Å². The Hall–Kier alpha value is -1.16. The molecule has 2 heterocycles. The van der Waals surface area contributed by atoms with E-state index in [4.69, 9.17) is 0 Å². The first-order valence-corrected chi connectivity index (χ1v) is 6.36. The van der Waals surface area contributed by atoms with Gasteiger partial charge in [0.1, 0.15) is 0 Å². The lowest BCUT2D eigenvalue weighted by Crippen LogP contribution is -2.41. The van der Waals surface area contributed by atoms with Gasteiger partial charge in [-0.1, -0.05) is 18.2 Å². The Bertz CT molecular complexity index is 460. The summed E-state index contributed by atoms with van der Waals surface area (Å²) < 4.78 is 0. The first-order chi connectivity index (χ1) is 7.45. The molecule has 0 unspecified atom stereocenters. The number of rotatable bonds is 1. The van der Waals surface area contributed by atoms with E-state index in [1.165, 1.54) is 22.4 Å². The summed E-state index contributed by atoms with van der Waals surface area (Å²) in [6, 6.07) is 8.36. The molecule has 1 aromatic carbocycles. The van der Waals surface area contributed by atoms with E-state index in [1.54, 1.807) is 0 Å². The van der Waals surface area contributed by atoms with Crippen LogP contribution in [-0.4, -0.2) is 34.5 Å². The first-order valence-electron chi connectivity index (χ1n) is 5.21. The number of fused-ring (bicyclic) bond motifs is 1. The third kappa shape index (κ3) is 1.59. The van der Waals surface area contributed by atoms with E-state index < -0.39 is 0 Å². The predicted octanol–water partition coefficient (Wildman–Crippen LogP) is 1.72. The Morgan fingerprint density at radius 1 is 1.13 bits per heavy atom. The second kappa shape index (κ2) is 3.77. The summed E-state index contributed by atoms with van der Waals surface area (Å²) in [6.07, 6.45) is 1.94. The Labute approximate surface area is 93.0 Å². The molecule has 1 aromatic heterocycles. The van der Waals surface area contributed by atoms with Crippen molar-refractivity contribution < 1.29 is 0 Å². The number of aromatic nitrogens is 2. The molecule has 0 radical (unpaired) electrons. The van der Waals surface area contributed by atoms with E-state index in [9.17, 15) is 0 Å². The summed E-state index contributed by atoms with van der Waals surface area (Å²) in [5.74, 6) is 2.41. The highest BCUT2D eigenvalue weighted by Gasteiger charge is 2.13. The fraction of sp³-hybridized carbons (Fsp3) is 0.364. The van der Waals surface area contributed by atoms with Crippen molar-refractivity contribution in [3.8, 4) is 0 Å². The topological polar surface area (TPSA) is 21.1 Å². The number of thioether (sulfide) groups is 1. The Morgan fingerprint density at radius 2 is 1.93 bits per heavy atom. The van der Waals surface area contributed by atoms with Gasteiger partial charge in [-0.25, -0.2) is 0 Å². The van der Waals surface area contributed by atoms with Crippen LogP contribution in [0.25, 0.3) is 10.9 Å². The van der Waals surface area contributed by atoms with Crippen molar-refractivity contribution in [2.75, 3.05) is 29.6 Å². The van der Waals surface area contributed by atoms with Crippen LogP contribution < -0.4 is 5.01 Å². The van der Waals surface area contributed by atoms with Crippen molar-refractivity contribution in [1.29, 1.82) is 0 Å². The zero-order valence-corrected chi connectivity index (χ0v) is 9.28. The fourth-order valence-electron chi connectivity index (χ4n) is 1.93. The zero-order chi connectivity index (χ0) is 10.1. The van der Waals surface area contributed by atoms with Gasteiger partial charge in [0.2, 0.25) is 0 Å². The molecule has 0 aliphatic carbocycles. The fourth-order valence-corrected chi connectivity index (χ4v) is 2.81. The third-order valence-corrected chi connectivity index (χ3v) is 3.66. The average molecular weight is 219 g/mol. The third-order valence-electron chi connectivity index (χ3n) is 2.71. The van der Waals surface area contributed by atoms with Gasteiger partial charge >= 0.3 is 0 Å². The van der Waals surface area contributed by atoms with Crippen molar-refractivity contribution in [2.24, 2.45) is 0 Å². The maximum absolute atomic E-state index is 4.45. The molecular weight excluding hydrogens is 206 g/mol. The summed E-state index contributed by atoms with van der Waals surface area (Å²) in [5.41, 5.74) is 1.21. The molecule has 15 heavy (non-hydrogen) atoms. The first kappa shape index (κ1) is 9.09. The molecule has 0 N–H and O–H groups in total. The van der Waals surface area contributed by atoms with Gasteiger partial charge in [-0.2, -0.15) is 21.7 Å². The van der Waals surface area contributed by atoms with E-state index in [-0.39, 0.29) is 0 Å². The van der Waals surface area contributed by atoms with E-state index in [0.717, 1.165) is 13.1 Å². The van der Waals surface area contributed by atoms with Gasteiger partial charge in [0, 0.05) is 30.0 Å². The van der Waals surface area contributed by atoms with Crippen molar-refractivity contribution >= 4 is 22.7 Å². The van der Waals surface area contributed by atoms with Gasteiger partial charge in [0.05, 0.1) is 11.7 Å². The largest absolute Gasteiger partial charge is 0.295 e. The number of para-hydroxylation sites is 1. The van der Waals surface area contributed by atoms with E-state index in [0.29, 0.717) is 0 Å². The van der Waals surface area contributed by atoms with Crippen molar-refractivity contribution in [1.82, 2.24) is 9.89 Å². The average Bonchev–Trinajstić information content (AvgIpc) is 2.74. The van der Waals surface area contributed by atoms with Gasteiger partial charge in [0.15, 0.2) is 0 Å². The van der Waals surface area contributed by atoms with Gasteiger partial charge in [-0.3, -0.25) is 5.01 Å². The van der Waals surface area contributed by atoms with Crippen LogP contribution in [0.3, 0.4) is 0 Å². The van der Waals surface area contributed by atoms with Crippen LogP contribution in [0.4, 0.5) is 0 Å². The van der Waals surface area contributed by atoms with E-state index >= 15 is 0 Å². The van der Waals surface area contributed by atoms with Crippen LogP contribution in [0.2, 0.25) is 0 Å². The van der Waals surface area contributed by atoms with Crippen molar-refractivity contribution in [3.05, 3.63) is 30.5 Å². The Balaban J connectivity index is 2.02. The van der Waals surface area contributed by atoms with Crippen LogP contribution in [0.1, 0.15) is 0 Å². The molecule has 1 fully saturated rings. The standard InChI is InChI=1S/C11H13N3S/c1-2-4-11-10(3-1)9-12-14(11)13-5-7-15-8-6-13/h1-4,9H,5-8H2. The zero-order valence-electron chi connectivity index (χ0n) is 8.47. The minimum atomic E-state index is 1.09. The molecule has 0 bridgehead atoms. The molecule has 1 saturated heterocycles. The summed E-state index contributed by atoms with van der Waals surface area (Å²) in [4.78, 5) is 2.05. The molecule has 1 aliphatic rings. The van der Waals surface area contributed by atoms with Crippen LogP contribution in [-0.2, 0) is 0 Å². The smallest absolute Gasteiger partial charge is 0.0920 e. The monoisotopic (exact) mass is 219 g/mol. The molecule has 2 aromatic rings. The predicted molar refractivity (Wildman–Crippen MR) is 65.0 cm³/mol. The summed E-state index contributed by atoms with van der Waals surface area (Å²) in [7, 11) is 0. The van der Waals surface area contributed by atoms with Gasteiger partial charge in [0.25, 0.3) is 0 Å². The molecule has 3 nitrogen and oxygen atoms in total.